The molecule has 214 valence electrons. The molecule has 0 aromatic heterocycles. The number of nitrogens with one attached hydrogen (secondary N) is 3. The van der Waals surface area contributed by atoms with Crippen LogP contribution in [-0.2, 0) is 36.8 Å². The van der Waals surface area contributed by atoms with Gasteiger partial charge in [-0.2, -0.15) is 0 Å². The summed E-state index contributed by atoms with van der Waals surface area (Å²) in [5.74, 6) is -2.70. The van der Waals surface area contributed by atoms with Crippen LogP contribution in [0.25, 0.3) is 0 Å². The highest BCUT2D eigenvalue weighted by Gasteiger charge is 2.36. The van der Waals surface area contributed by atoms with Gasteiger partial charge in [0.15, 0.2) is 0 Å². The van der Waals surface area contributed by atoms with Gasteiger partial charge < -0.3 is 37.4 Å². The van der Waals surface area contributed by atoms with Crippen LogP contribution >= 0.6 is 0 Å². The number of hydrogen-bond acceptors (Lipinski definition) is 7. The number of likely N-dealkylation sites (tertiary alicyclic amines) is 1. The summed E-state index contributed by atoms with van der Waals surface area (Å²) in [5, 5.41) is 17.0. The molecule has 0 aliphatic carbocycles. The number of phenolic OH excluding ortho intramolecular Hbond substituents is 1. The molecule has 5 amide bonds. The van der Waals surface area contributed by atoms with Crippen molar-refractivity contribution in [3.63, 3.8) is 0 Å². The summed E-state index contributed by atoms with van der Waals surface area (Å²) in [5.41, 5.74) is 13.0. The third kappa shape index (κ3) is 8.53. The highest BCUT2D eigenvalue weighted by molar-refractivity contribution is 5.94. The second kappa shape index (κ2) is 14.1. The van der Waals surface area contributed by atoms with Gasteiger partial charge >= 0.3 is 0 Å². The van der Waals surface area contributed by atoms with E-state index in [4.69, 9.17) is 11.5 Å². The lowest BCUT2D eigenvalue weighted by molar-refractivity contribution is -0.140. The van der Waals surface area contributed by atoms with Crippen molar-refractivity contribution in [1.29, 1.82) is 0 Å². The van der Waals surface area contributed by atoms with E-state index in [0.717, 1.165) is 11.1 Å². The molecule has 0 unspecified atom stereocenters. The van der Waals surface area contributed by atoms with Gasteiger partial charge in [-0.1, -0.05) is 42.5 Å². The number of nitrogens with two attached hydrogens (primary N) is 2. The Morgan fingerprint density at radius 3 is 2.25 bits per heavy atom. The minimum Gasteiger partial charge on any atom is -0.508 e. The zero-order chi connectivity index (χ0) is 29.2. The van der Waals surface area contributed by atoms with E-state index in [2.05, 4.69) is 16.0 Å². The van der Waals surface area contributed by atoms with E-state index >= 15 is 0 Å². The lowest BCUT2D eigenvalue weighted by Crippen LogP contribution is -2.55. The fourth-order valence-corrected chi connectivity index (χ4v) is 4.51. The molecule has 12 heteroatoms. The van der Waals surface area contributed by atoms with Crippen molar-refractivity contribution in [2.45, 2.75) is 56.8 Å². The number of hydrogen-bond donors (Lipinski definition) is 6. The Labute approximate surface area is 232 Å². The SMILES string of the molecule is C[C@@H](NC(=O)[C@@H](N)Cc1ccc(O)cc1)C(=O)NCC(=O)N[C@@H](Cc1ccccc1)C(=O)N1CCC[C@@H]1C(N)=O. The Kier molecular flexibility index (Phi) is 10.6. The van der Waals surface area contributed by atoms with E-state index in [-0.39, 0.29) is 18.6 Å². The van der Waals surface area contributed by atoms with Crippen LogP contribution in [0.4, 0.5) is 0 Å². The molecule has 12 nitrogen and oxygen atoms in total. The predicted molar refractivity (Wildman–Crippen MR) is 146 cm³/mol. The van der Waals surface area contributed by atoms with Gasteiger partial charge in [-0.15, -0.1) is 0 Å². The first kappa shape index (κ1) is 30.1. The van der Waals surface area contributed by atoms with Gasteiger partial charge in [0.25, 0.3) is 0 Å². The van der Waals surface area contributed by atoms with Crippen molar-refractivity contribution < 1.29 is 29.1 Å². The molecule has 0 radical (unpaired) electrons. The van der Waals surface area contributed by atoms with Crippen molar-refractivity contribution in [3.8, 4) is 5.75 Å². The summed E-state index contributed by atoms with van der Waals surface area (Å²) in [7, 11) is 0. The molecule has 3 rings (SSSR count). The van der Waals surface area contributed by atoms with Crippen LogP contribution < -0.4 is 27.4 Å². The van der Waals surface area contributed by atoms with E-state index in [1.165, 1.54) is 24.0 Å². The van der Waals surface area contributed by atoms with E-state index < -0.39 is 60.2 Å². The van der Waals surface area contributed by atoms with Crippen molar-refractivity contribution in [3.05, 3.63) is 65.7 Å². The maximum Gasteiger partial charge on any atom is 0.246 e. The van der Waals surface area contributed by atoms with Crippen molar-refractivity contribution in [2.75, 3.05) is 13.1 Å². The zero-order valence-corrected chi connectivity index (χ0v) is 22.3. The minimum absolute atomic E-state index is 0.0951. The van der Waals surface area contributed by atoms with Crippen LogP contribution in [0.1, 0.15) is 30.9 Å². The summed E-state index contributed by atoms with van der Waals surface area (Å²) in [6, 6.07) is 11.8. The van der Waals surface area contributed by atoms with Gasteiger partial charge in [0, 0.05) is 13.0 Å². The lowest BCUT2D eigenvalue weighted by Gasteiger charge is -2.28. The fraction of sp³-hybridized carbons (Fsp3) is 0.393. The Bertz CT molecular complexity index is 1210. The van der Waals surface area contributed by atoms with Gasteiger partial charge in [0.2, 0.25) is 29.5 Å². The standard InChI is InChI=1S/C28H36N6O6/c1-17(32-27(39)21(29)14-19-9-11-20(35)12-10-19)26(38)31-16-24(36)33-22(15-18-6-3-2-4-7-18)28(40)34-13-5-8-23(34)25(30)37/h2-4,6-7,9-12,17,21-23,35H,5,8,13-16,29H2,1H3,(H2,30,37)(H,31,38)(H,32,39)(H,33,36)/t17-,21+,22+,23-/m1/s1. The van der Waals surface area contributed by atoms with E-state index in [9.17, 15) is 29.1 Å². The molecular formula is C28H36N6O6. The third-order valence-electron chi connectivity index (χ3n) is 6.68. The van der Waals surface area contributed by atoms with Gasteiger partial charge in [-0.3, -0.25) is 24.0 Å². The average Bonchev–Trinajstić information content (AvgIpc) is 3.43. The van der Waals surface area contributed by atoms with E-state index in [1.54, 1.807) is 12.1 Å². The highest BCUT2D eigenvalue weighted by Crippen LogP contribution is 2.19. The van der Waals surface area contributed by atoms with Crippen LogP contribution in [0, 0.1) is 0 Å². The molecule has 1 saturated heterocycles. The smallest absolute Gasteiger partial charge is 0.246 e. The first-order valence-electron chi connectivity index (χ1n) is 13.1. The maximum atomic E-state index is 13.3. The third-order valence-corrected chi connectivity index (χ3v) is 6.68. The summed E-state index contributed by atoms with van der Waals surface area (Å²) in [6.07, 6.45) is 1.48. The highest BCUT2D eigenvalue weighted by atomic mass is 16.3. The van der Waals surface area contributed by atoms with E-state index in [1.807, 2.05) is 30.3 Å². The molecule has 40 heavy (non-hydrogen) atoms. The Morgan fingerprint density at radius 1 is 0.950 bits per heavy atom. The van der Waals surface area contributed by atoms with Crippen molar-refractivity contribution >= 4 is 29.5 Å². The van der Waals surface area contributed by atoms with Crippen LogP contribution in [0.3, 0.4) is 0 Å². The monoisotopic (exact) mass is 552 g/mol. The second-order valence-corrected chi connectivity index (χ2v) is 9.83. The molecule has 2 aromatic carbocycles. The molecule has 1 heterocycles. The normalized spacial score (nSPS) is 16.9. The zero-order valence-electron chi connectivity index (χ0n) is 22.3. The summed E-state index contributed by atoms with van der Waals surface area (Å²) in [6.45, 7) is 1.38. The van der Waals surface area contributed by atoms with Gasteiger partial charge in [0.05, 0.1) is 12.6 Å². The first-order chi connectivity index (χ1) is 19.0. The topological polar surface area (TPSA) is 197 Å². The molecule has 0 saturated carbocycles. The first-order valence-corrected chi connectivity index (χ1v) is 13.1. The largest absolute Gasteiger partial charge is 0.508 e. The molecule has 1 aliphatic rings. The Morgan fingerprint density at radius 2 is 1.60 bits per heavy atom. The Hall–Kier alpha value is -4.45. The number of phenols is 1. The van der Waals surface area contributed by atoms with Gasteiger partial charge in [-0.05, 0) is 49.4 Å². The van der Waals surface area contributed by atoms with Crippen LogP contribution in [0.5, 0.6) is 5.75 Å². The number of primary amides is 1. The quantitative estimate of drug-likeness (QED) is 0.196. The van der Waals surface area contributed by atoms with Crippen LogP contribution in [-0.4, -0.2) is 76.8 Å². The molecule has 1 aliphatic heterocycles. The van der Waals surface area contributed by atoms with Crippen LogP contribution in [0.15, 0.2) is 54.6 Å². The average molecular weight is 553 g/mol. The number of benzene rings is 2. The number of aromatic hydroxyl groups is 1. The molecule has 0 bridgehead atoms. The molecule has 8 N–H and O–H groups in total. The molecule has 2 aromatic rings. The second-order valence-electron chi connectivity index (χ2n) is 9.83. The number of nitrogens with zero attached hydrogens (tertiary/aromatic N) is 1. The molecule has 0 spiro atoms. The molecule has 1 fully saturated rings. The minimum atomic E-state index is -0.978. The summed E-state index contributed by atoms with van der Waals surface area (Å²) >= 11 is 0. The maximum absolute atomic E-state index is 13.3. The summed E-state index contributed by atoms with van der Waals surface area (Å²) in [4.78, 5) is 64.3. The van der Waals surface area contributed by atoms with Crippen molar-refractivity contribution in [1.82, 2.24) is 20.9 Å². The van der Waals surface area contributed by atoms with Crippen LogP contribution in [0.2, 0.25) is 0 Å². The molecular weight excluding hydrogens is 516 g/mol. The lowest BCUT2D eigenvalue weighted by atomic mass is 10.0. The number of rotatable bonds is 12. The van der Waals surface area contributed by atoms with Gasteiger partial charge in [0.1, 0.15) is 23.9 Å². The van der Waals surface area contributed by atoms with Gasteiger partial charge in [-0.25, -0.2) is 0 Å². The predicted octanol–water partition coefficient (Wildman–Crippen LogP) is -0.913. The number of carbonyl (C=O) groups excluding carboxylic acids is 5. The molecule has 4 atom stereocenters. The number of carbonyl (C=O) groups is 5. The Balaban J connectivity index is 1.54. The van der Waals surface area contributed by atoms with Crippen molar-refractivity contribution in [2.24, 2.45) is 11.5 Å². The number of amides is 5. The van der Waals surface area contributed by atoms with E-state index in [0.29, 0.717) is 19.4 Å². The fourth-order valence-electron chi connectivity index (χ4n) is 4.51. The summed E-state index contributed by atoms with van der Waals surface area (Å²) < 4.78 is 0.